The van der Waals surface area contributed by atoms with Crippen molar-refractivity contribution in [2.75, 3.05) is 29.9 Å². The first-order valence-corrected chi connectivity index (χ1v) is 10.1. The summed E-state index contributed by atoms with van der Waals surface area (Å²) < 4.78 is 13.3. The van der Waals surface area contributed by atoms with Gasteiger partial charge in [0, 0.05) is 37.7 Å². The molecule has 0 saturated carbocycles. The van der Waals surface area contributed by atoms with Crippen molar-refractivity contribution < 1.29 is 9.18 Å². The minimum absolute atomic E-state index is 0.0231. The van der Waals surface area contributed by atoms with Crippen molar-refractivity contribution in [3.8, 4) is 0 Å². The fraction of sp³-hybridized carbons (Fsp3) is 0.368. The molecule has 4 heterocycles. The van der Waals surface area contributed by atoms with Crippen LogP contribution in [0.5, 0.6) is 0 Å². The molecule has 1 aromatic heterocycles. The van der Waals surface area contributed by atoms with Gasteiger partial charge in [-0.15, -0.1) is 0 Å². The lowest BCUT2D eigenvalue weighted by Crippen LogP contribution is -2.49. The number of nitrogens with one attached hydrogen (secondary N) is 1. The Balaban J connectivity index is 1.53. The summed E-state index contributed by atoms with van der Waals surface area (Å²) in [6, 6.07) is 3.95. The van der Waals surface area contributed by atoms with Crippen molar-refractivity contribution in [2.24, 2.45) is 5.92 Å². The lowest BCUT2D eigenvalue weighted by Gasteiger charge is -2.36. The van der Waals surface area contributed by atoms with E-state index in [1.54, 1.807) is 12.4 Å². The van der Waals surface area contributed by atoms with Gasteiger partial charge in [-0.3, -0.25) is 4.98 Å². The molecule has 2 aromatic rings. The predicted molar refractivity (Wildman–Crippen MR) is 110 cm³/mol. The van der Waals surface area contributed by atoms with E-state index in [2.05, 4.69) is 15.2 Å². The number of halogens is 4. The van der Waals surface area contributed by atoms with E-state index in [1.807, 2.05) is 4.90 Å². The number of benzene rings is 1. The van der Waals surface area contributed by atoms with Gasteiger partial charge in [0.2, 0.25) is 0 Å². The molecule has 1 aromatic carbocycles. The first-order valence-electron chi connectivity index (χ1n) is 8.99. The summed E-state index contributed by atoms with van der Waals surface area (Å²) in [4.78, 5) is 20.9. The second kappa shape index (κ2) is 7.93. The Kier molecular flexibility index (Phi) is 5.54. The topological polar surface area (TPSA) is 48.5 Å². The zero-order valence-electron chi connectivity index (χ0n) is 14.8. The molecule has 3 aliphatic heterocycles. The summed E-state index contributed by atoms with van der Waals surface area (Å²) >= 11 is 18.5. The fourth-order valence-corrected chi connectivity index (χ4v) is 4.77. The van der Waals surface area contributed by atoms with Crippen LogP contribution in [0.3, 0.4) is 0 Å². The number of piperidine rings is 1. The number of carbonyl (C=O) groups excluding carboxylic acids is 1. The van der Waals surface area contributed by atoms with E-state index in [4.69, 9.17) is 34.8 Å². The Labute approximate surface area is 177 Å². The normalized spacial score (nSPS) is 21.6. The second-order valence-corrected chi connectivity index (χ2v) is 8.39. The number of aromatic nitrogens is 1. The highest BCUT2D eigenvalue weighted by Crippen LogP contribution is 2.37. The fourth-order valence-electron chi connectivity index (χ4n) is 3.99. The van der Waals surface area contributed by atoms with Gasteiger partial charge in [0.25, 0.3) is 0 Å². The maximum Gasteiger partial charge on any atom is 0.322 e. The number of hydrogen-bond acceptors (Lipinski definition) is 3. The molecule has 1 N–H and O–H groups in total. The molecule has 5 rings (SSSR count). The number of urea groups is 1. The van der Waals surface area contributed by atoms with Crippen LogP contribution in [-0.4, -0.2) is 41.6 Å². The zero-order chi connectivity index (χ0) is 19.8. The number of fused-ring (bicyclic) bond motifs is 4. The van der Waals surface area contributed by atoms with Gasteiger partial charge >= 0.3 is 6.03 Å². The molecule has 5 nitrogen and oxygen atoms in total. The van der Waals surface area contributed by atoms with E-state index in [9.17, 15) is 9.18 Å². The number of carbonyl (C=O) groups is 1. The molecule has 3 saturated heterocycles. The molecular weight excluding hydrogens is 426 g/mol. The van der Waals surface area contributed by atoms with E-state index in [-0.39, 0.29) is 17.1 Å². The summed E-state index contributed by atoms with van der Waals surface area (Å²) in [5.74, 6) is -0.211. The molecule has 3 aliphatic rings. The summed E-state index contributed by atoms with van der Waals surface area (Å²) in [6.07, 6.45) is 5.10. The van der Waals surface area contributed by atoms with Crippen molar-refractivity contribution in [3.63, 3.8) is 0 Å². The van der Waals surface area contributed by atoms with Crippen molar-refractivity contribution in [3.05, 3.63) is 51.5 Å². The van der Waals surface area contributed by atoms with Crippen molar-refractivity contribution in [1.82, 2.24) is 9.88 Å². The smallest absolute Gasteiger partial charge is 0.322 e. The lowest BCUT2D eigenvalue weighted by molar-refractivity contribution is 0.154. The van der Waals surface area contributed by atoms with Crippen LogP contribution in [0.4, 0.5) is 20.6 Å². The molecule has 0 spiro atoms. The Hall–Kier alpha value is -1.76. The molecule has 2 bridgehead atoms. The second-order valence-electron chi connectivity index (χ2n) is 7.17. The van der Waals surface area contributed by atoms with E-state index < -0.39 is 5.82 Å². The molecule has 3 fully saturated rings. The average Bonchev–Trinajstić information content (AvgIpc) is 2.96. The molecule has 0 aliphatic carbocycles. The van der Waals surface area contributed by atoms with Gasteiger partial charge in [-0.25, -0.2) is 9.18 Å². The zero-order valence-corrected chi connectivity index (χ0v) is 17.1. The van der Waals surface area contributed by atoms with Gasteiger partial charge in [-0.05, 0) is 37.0 Å². The molecule has 0 radical (unpaired) electrons. The van der Waals surface area contributed by atoms with Gasteiger partial charge in [-0.2, -0.15) is 0 Å². The van der Waals surface area contributed by atoms with Gasteiger partial charge in [0.05, 0.1) is 26.8 Å². The Bertz CT molecular complexity index is 892. The maximum atomic E-state index is 13.3. The van der Waals surface area contributed by atoms with Crippen molar-refractivity contribution in [1.29, 1.82) is 0 Å². The minimum Gasteiger partial charge on any atom is -0.367 e. The van der Waals surface area contributed by atoms with Gasteiger partial charge in [-0.1, -0.05) is 34.8 Å². The monoisotopic (exact) mass is 442 g/mol. The molecular formula is C19H18Cl3FN4O. The van der Waals surface area contributed by atoms with Gasteiger partial charge < -0.3 is 15.1 Å². The Morgan fingerprint density at radius 2 is 1.82 bits per heavy atom. The number of anilines is 2. The van der Waals surface area contributed by atoms with Crippen LogP contribution in [0, 0.1) is 11.7 Å². The highest BCUT2D eigenvalue weighted by atomic mass is 35.5. The predicted octanol–water partition coefficient (Wildman–Crippen LogP) is 5.31. The highest BCUT2D eigenvalue weighted by molar-refractivity contribution is 6.38. The lowest BCUT2D eigenvalue weighted by atomic mass is 9.95. The van der Waals surface area contributed by atoms with E-state index >= 15 is 0 Å². The summed E-state index contributed by atoms with van der Waals surface area (Å²) in [5.41, 5.74) is 1.23. The average molecular weight is 444 g/mol. The number of hydrogen-bond donors (Lipinski definition) is 1. The maximum absolute atomic E-state index is 13.3. The van der Waals surface area contributed by atoms with Crippen LogP contribution in [-0.2, 0) is 0 Å². The largest absolute Gasteiger partial charge is 0.367 e. The minimum atomic E-state index is -0.518. The Morgan fingerprint density at radius 3 is 2.54 bits per heavy atom. The molecule has 2 amide bonds. The molecule has 2 atom stereocenters. The third-order valence-corrected chi connectivity index (χ3v) is 6.13. The third kappa shape index (κ3) is 3.86. The van der Waals surface area contributed by atoms with Gasteiger partial charge in [0.15, 0.2) is 0 Å². The first kappa shape index (κ1) is 19.6. The van der Waals surface area contributed by atoms with Crippen LogP contribution in [0.1, 0.15) is 12.8 Å². The van der Waals surface area contributed by atoms with E-state index in [0.717, 1.165) is 25.1 Å². The number of amides is 2. The third-order valence-electron chi connectivity index (χ3n) is 5.29. The molecule has 9 heteroatoms. The summed E-state index contributed by atoms with van der Waals surface area (Å²) in [7, 11) is 0. The quantitative estimate of drug-likeness (QED) is 0.684. The molecule has 28 heavy (non-hydrogen) atoms. The van der Waals surface area contributed by atoms with Crippen LogP contribution in [0.15, 0.2) is 30.6 Å². The molecule has 148 valence electrons. The summed E-state index contributed by atoms with van der Waals surface area (Å²) in [5, 5.41) is 3.81. The Morgan fingerprint density at radius 1 is 1.07 bits per heavy atom. The van der Waals surface area contributed by atoms with Crippen LogP contribution >= 0.6 is 34.8 Å². The van der Waals surface area contributed by atoms with Crippen molar-refractivity contribution >= 4 is 52.2 Å². The van der Waals surface area contributed by atoms with Crippen LogP contribution in [0.2, 0.25) is 15.1 Å². The van der Waals surface area contributed by atoms with Crippen LogP contribution < -0.4 is 10.2 Å². The number of nitrogens with zero attached hydrogens (tertiary/aromatic N) is 3. The number of pyridine rings is 1. The van der Waals surface area contributed by atoms with E-state index in [0.29, 0.717) is 34.7 Å². The summed E-state index contributed by atoms with van der Waals surface area (Å²) in [6.45, 7) is 2.05. The van der Waals surface area contributed by atoms with Crippen LogP contribution in [0.25, 0.3) is 0 Å². The number of rotatable bonds is 2. The highest BCUT2D eigenvalue weighted by Gasteiger charge is 2.38. The van der Waals surface area contributed by atoms with Gasteiger partial charge in [0.1, 0.15) is 5.82 Å². The SMILES string of the molecule is O=C(Nc1ccc(F)c(Cl)c1)N1CC2CCC1CN(c1c(Cl)cncc1Cl)C2. The first-order chi connectivity index (χ1) is 13.4. The van der Waals surface area contributed by atoms with Crippen molar-refractivity contribution in [2.45, 2.75) is 18.9 Å². The van der Waals surface area contributed by atoms with E-state index in [1.165, 1.54) is 18.2 Å². The standard InChI is InChI=1S/C19H18Cl3FN4O/c20-14-5-12(2-4-17(14)23)25-19(28)27-9-11-1-3-13(27)10-26(8-11)18-15(21)6-24-7-16(18)22/h2,4-7,11,13H,1,3,8-10H2,(H,25,28). The molecule has 2 unspecified atom stereocenters.